The third kappa shape index (κ3) is 1.40. The van der Waals surface area contributed by atoms with Crippen LogP contribution in [0.4, 0.5) is 14.9 Å². The molecule has 68 valence electrons. The van der Waals surface area contributed by atoms with Gasteiger partial charge in [0, 0.05) is 12.2 Å². The van der Waals surface area contributed by atoms with E-state index in [0.717, 1.165) is 11.3 Å². The van der Waals surface area contributed by atoms with Crippen LogP contribution < -0.4 is 4.90 Å². The van der Waals surface area contributed by atoms with Gasteiger partial charge in [0.15, 0.2) is 0 Å². The molecule has 0 aliphatic carbocycles. The summed E-state index contributed by atoms with van der Waals surface area (Å²) in [5.41, 5.74) is 1.57. The van der Waals surface area contributed by atoms with Crippen molar-refractivity contribution in [2.45, 2.75) is 6.42 Å². The van der Waals surface area contributed by atoms with E-state index >= 15 is 0 Å². The molecule has 0 saturated carbocycles. The van der Waals surface area contributed by atoms with Crippen molar-refractivity contribution in [2.24, 2.45) is 0 Å². The second kappa shape index (κ2) is 3.00. The summed E-state index contributed by atoms with van der Waals surface area (Å²) in [4.78, 5) is 12.3. The number of carbonyl (C=O) groups excluding carboxylic acids is 1. The van der Waals surface area contributed by atoms with Crippen LogP contribution in [-0.4, -0.2) is 11.9 Å². The van der Waals surface area contributed by atoms with Gasteiger partial charge in [-0.15, -0.1) is 0 Å². The van der Waals surface area contributed by atoms with E-state index < -0.39 is 5.37 Å². The van der Waals surface area contributed by atoms with Gasteiger partial charge >= 0.3 is 5.37 Å². The fourth-order valence-electron chi connectivity index (χ4n) is 1.55. The fraction of sp³-hybridized carbons (Fsp3) is 0.222. The average molecular weight is 200 g/mol. The molecule has 2 rings (SSSR count). The first-order valence-corrected chi connectivity index (χ1v) is 4.32. The van der Waals surface area contributed by atoms with Crippen LogP contribution in [0.25, 0.3) is 0 Å². The molecule has 1 aromatic carbocycles. The normalized spacial score (nSPS) is 14.5. The highest BCUT2D eigenvalue weighted by Crippen LogP contribution is 2.29. The molecule has 4 heteroatoms. The molecular formula is C9H7ClFNO. The molecule has 0 unspecified atom stereocenters. The van der Waals surface area contributed by atoms with E-state index in [1.165, 1.54) is 17.0 Å². The first kappa shape index (κ1) is 8.51. The molecule has 1 aliphatic rings. The molecular weight excluding hydrogens is 193 g/mol. The van der Waals surface area contributed by atoms with Crippen LogP contribution in [-0.2, 0) is 6.42 Å². The molecule has 13 heavy (non-hydrogen) atoms. The summed E-state index contributed by atoms with van der Waals surface area (Å²) in [7, 11) is 0. The zero-order chi connectivity index (χ0) is 9.42. The largest absolute Gasteiger partial charge is 0.320 e. The van der Waals surface area contributed by atoms with E-state index in [9.17, 15) is 9.18 Å². The number of amides is 1. The Labute approximate surface area is 79.9 Å². The van der Waals surface area contributed by atoms with Crippen molar-refractivity contribution in [2.75, 3.05) is 11.4 Å². The molecule has 1 aromatic rings. The van der Waals surface area contributed by atoms with E-state index in [4.69, 9.17) is 11.6 Å². The van der Waals surface area contributed by atoms with Gasteiger partial charge in [-0.1, -0.05) is 0 Å². The quantitative estimate of drug-likeness (QED) is 0.465. The van der Waals surface area contributed by atoms with Gasteiger partial charge in [-0.2, -0.15) is 0 Å². The monoisotopic (exact) mass is 199 g/mol. The number of hydrogen-bond acceptors (Lipinski definition) is 1. The molecule has 0 spiro atoms. The van der Waals surface area contributed by atoms with Crippen LogP contribution >= 0.6 is 11.6 Å². The summed E-state index contributed by atoms with van der Waals surface area (Å²) in [6.07, 6.45) is 0.672. The van der Waals surface area contributed by atoms with Gasteiger partial charge in [0.25, 0.3) is 0 Å². The summed E-state index contributed by atoms with van der Waals surface area (Å²) in [6.45, 7) is 0.543. The maximum Gasteiger partial charge on any atom is 0.320 e. The molecule has 1 amide bonds. The molecule has 1 heterocycles. The van der Waals surface area contributed by atoms with Gasteiger partial charge in [0.1, 0.15) is 5.82 Å². The van der Waals surface area contributed by atoms with Gasteiger partial charge in [-0.05, 0) is 41.8 Å². The lowest BCUT2D eigenvalue weighted by Crippen LogP contribution is -2.22. The first-order chi connectivity index (χ1) is 6.18. The van der Waals surface area contributed by atoms with E-state index in [0.29, 0.717) is 13.0 Å². The number of halogens is 2. The molecule has 0 saturated heterocycles. The molecule has 1 aliphatic heterocycles. The smallest absolute Gasteiger partial charge is 0.298 e. The Hall–Kier alpha value is -1.09. The van der Waals surface area contributed by atoms with Crippen LogP contribution in [0.1, 0.15) is 5.56 Å². The molecule has 0 atom stereocenters. The number of hydrogen-bond donors (Lipinski definition) is 0. The molecule has 0 radical (unpaired) electrons. The summed E-state index contributed by atoms with van der Waals surface area (Å²) >= 11 is 5.34. The minimum Gasteiger partial charge on any atom is -0.298 e. The Balaban J connectivity index is 2.44. The van der Waals surface area contributed by atoms with E-state index in [1.54, 1.807) is 6.07 Å². The third-order valence-electron chi connectivity index (χ3n) is 2.15. The van der Waals surface area contributed by atoms with Crippen molar-refractivity contribution >= 4 is 22.7 Å². The number of benzene rings is 1. The zero-order valence-corrected chi connectivity index (χ0v) is 7.51. The van der Waals surface area contributed by atoms with Gasteiger partial charge in [-0.25, -0.2) is 4.39 Å². The molecule has 0 fully saturated rings. The summed E-state index contributed by atoms with van der Waals surface area (Å²) < 4.78 is 12.8. The van der Waals surface area contributed by atoms with Crippen molar-refractivity contribution in [1.82, 2.24) is 0 Å². The van der Waals surface area contributed by atoms with Crippen molar-refractivity contribution in [3.05, 3.63) is 29.6 Å². The highest BCUT2D eigenvalue weighted by atomic mass is 35.5. The Morgan fingerprint density at radius 3 is 3.00 bits per heavy atom. The van der Waals surface area contributed by atoms with Crippen molar-refractivity contribution in [3.8, 4) is 0 Å². The van der Waals surface area contributed by atoms with Gasteiger partial charge < -0.3 is 0 Å². The highest BCUT2D eigenvalue weighted by Gasteiger charge is 2.23. The van der Waals surface area contributed by atoms with Crippen molar-refractivity contribution in [3.63, 3.8) is 0 Å². The average Bonchev–Trinajstić information content (AvgIpc) is 2.46. The van der Waals surface area contributed by atoms with Gasteiger partial charge in [0.2, 0.25) is 0 Å². The van der Waals surface area contributed by atoms with E-state index in [2.05, 4.69) is 0 Å². The van der Waals surface area contributed by atoms with E-state index in [-0.39, 0.29) is 5.82 Å². The number of fused-ring (bicyclic) bond motifs is 1. The minimum absolute atomic E-state index is 0.275. The first-order valence-electron chi connectivity index (χ1n) is 3.94. The minimum atomic E-state index is -0.509. The summed E-state index contributed by atoms with van der Waals surface area (Å²) in [5.74, 6) is -0.275. The maximum absolute atomic E-state index is 12.8. The fourth-order valence-corrected chi connectivity index (χ4v) is 1.73. The molecule has 0 N–H and O–H groups in total. The lowest BCUT2D eigenvalue weighted by molar-refractivity contribution is 0.264. The standard InChI is InChI=1S/C9H7ClFNO/c10-9(13)12-4-3-6-5-7(11)1-2-8(6)12/h1-2,5H,3-4H2. The molecule has 0 aromatic heterocycles. The Bertz CT molecular complexity index is 367. The second-order valence-electron chi connectivity index (χ2n) is 2.93. The Morgan fingerprint density at radius 2 is 2.31 bits per heavy atom. The summed E-state index contributed by atoms with van der Waals surface area (Å²) in [6, 6.07) is 4.35. The summed E-state index contributed by atoms with van der Waals surface area (Å²) in [5, 5.41) is -0.509. The SMILES string of the molecule is O=C(Cl)N1CCc2cc(F)ccc21. The zero-order valence-electron chi connectivity index (χ0n) is 6.76. The predicted octanol–water partition coefficient (Wildman–Crippen LogP) is 2.55. The van der Waals surface area contributed by atoms with Crippen LogP contribution in [0.15, 0.2) is 18.2 Å². The lowest BCUT2D eigenvalue weighted by Gasteiger charge is -2.12. The third-order valence-corrected chi connectivity index (χ3v) is 2.35. The predicted molar refractivity (Wildman–Crippen MR) is 48.7 cm³/mol. The number of nitrogens with zero attached hydrogens (tertiary/aromatic N) is 1. The molecule has 2 nitrogen and oxygen atoms in total. The highest BCUT2D eigenvalue weighted by molar-refractivity contribution is 6.66. The van der Waals surface area contributed by atoms with Crippen LogP contribution in [0.2, 0.25) is 0 Å². The topological polar surface area (TPSA) is 20.3 Å². The maximum atomic E-state index is 12.8. The van der Waals surface area contributed by atoms with Crippen molar-refractivity contribution < 1.29 is 9.18 Å². The molecule has 0 bridgehead atoms. The number of anilines is 1. The van der Waals surface area contributed by atoms with Crippen molar-refractivity contribution in [1.29, 1.82) is 0 Å². The second-order valence-corrected chi connectivity index (χ2v) is 3.25. The Morgan fingerprint density at radius 1 is 1.54 bits per heavy atom. The van der Waals surface area contributed by atoms with Crippen LogP contribution in [0.5, 0.6) is 0 Å². The van der Waals surface area contributed by atoms with Gasteiger partial charge in [0.05, 0.1) is 0 Å². The van der Waals surface area contributed by atoms with Crippen LogP contribution in [0, 0.1) is 5.82 Å². The lowest BCUT2D eigenvalue weighted by atomic mass is 10.2. The van der Waals surface area contributed by atoms with Crippen LogP contribution in [0.3, 0.4) is 0 Å². The number of carbonyl (C=O) groups is 1. The van der Waals surface area contributed by atoms with E-state index in [1.807, 2.05) is 0 Å². The number of rotatable bonds is 0. The Kier molecular flexibility index (Phi) is 1.96. The van der Waals surface area contributed by atoms with Gasteiger partial charge in [-0.3, -0.25) is 9.69 Å².